The molecular weight excluding hydrogens is 270 g/mol. The summed E-state index contributed by atoms with van der Waals surface area (Å²) >= 11 is 0. The van der Waals surface area contributed by atoms with Crippen LogP contribution in [0.5, 0.6) is 0 Å². The van der Waals surface area contributed by atoms with Crippen molar-refractivity contribution >= 4 is 5.91 Å². The predicted molar refractivity (Wildman–Crippen MR) is 75.9 cm³/mol. The maximum Gasteiger partial charge on any atom is 0.255 e. The molecule has 2 aromatic heterocycles. The highest BCUT2D eigenvalue weighted by Crippen LogP contribution is 2.25. The fourth-order valence-corrected chi connectivity index (χ4v) is 2.88. The highest BCUT2D eigenvalue weighted by molar-refractivity contribution is 5.94. The monoisotopic (exact) mass is 289 g/mol. The van der Waals surface area contributed by atoms with E-state index in [-0.39, 0.29) is 17.9 Å². The summed E-state index contributed by atoms with van der Waals surface area (Å²) in [6.45, 7) is 3.18. The fourth-order valence-electron chi connectivity index (χ4n) is 2.88. The van der Waals surface area contributed by atoms with Crippen molar-refractivity contribution in [3.8, 4) is 0 Å². The van der Waals surface area contributed by atoms with E-state index in [1.165, 1.54) is 0 Å². The molecule has 1 saturated heterocycles. The quantitative estimate of drug-likeness (QED) is 0.929. The second kappa shape index (κ2) is 5.73. The van der Waals surface area contributed by atoms with Crippen molar-refractivity contribution in [1.29, 1.82) is 0 Å². The van der Waals surface area contributed by atoms with E-state index in [1.807, 2.05) is 17.9 Å². The number of aryl methyl sites for hydroxylation is 1. The number of rotatable bonds is 4. The number of hydrogen-bond acceptors (Lipinski definition) is 4. The SMILES string of the molecule is CO[C@H]1CN(C(=O)c2cc[nH]c2)C[C@H]1Cc1cc(C)no1. The second-order valence-electron chi connectivity index (χ2n) is 5.48. The third-order valence-electron chi connectivity index (χ3n) is 3.96. The molecule has 21 heavy (non-hydrogen) atoms. The third kappa shape index (κ3) is 2.85. The number of carbonyl (C=O) groups is 1. The molecule has 3 heterocycles. The molecule has 0 saturated carbocycles. The van der Waals surface area contributed by atoms with E-state index in [4.69, 9.17) is 9.26 Å². The summed E-state index contributed by atoms with van der Waals surface area (Å²) in [4.78, 5) is 17.1. The van der Waals surface area contributed by atoms with Crippen molar-refractivity contribution in [3.63, 3.8) is 0 Å². The number of likely N-dealkylation sites (tertiary alicyclic amines) is 1. The van der Waals surface area contributed by atoms with Gasteiger partial charge in [-0.3, -0.25) is 4.79 Å². The molecule has 1 fully saturated rings. The Hall–Kier alpha value is -2.08. The van der Waals surface area contributed by atoms with Gasteiger partial charge in [0.2, 0.25) is 0 Å². The third-order valence-corrected chi connectivity index (χ3v) is 3.96. The van der Waals surface area contributed by atoms with Gasteiger partial charge in [-0.05, 0) is 13.0 Å². The number of nitrogens with one attached hydrogen (secondary N) is 1. The largest absolute Gasteiger partial charge is 0.379 e. The lowest BCUT2D eigenvalue weighted by atomic mass is 10.0. The summed E-state index contributed by atoms with van der Waals surface area (Å²) in [6, 6.07) is 3.72. The van der Waals surface area contributed by atoms with Crippen molar-refractivity contribution in [2.75, 3.05) is 20.2 Å². The normalized spacial score (nSPS) is 21.9. The molecule has 1 aliphatic heterocycles. The Bertz CT molecular complexity index is 605. The van der Waals surface area contributed by atoms with Gasteiger partial charge in [0.15, 0.2) is 0 Å². The van der Waals surface area contributed by atoms with E-state index in [1.54, 1.807) is 25.6 Å². The molecule has 0 aliphatic carbocycles. The summed E-state index contributed by atoms with van der Waals surface area (Å²) in [5, 5.41) is 3.90. The lowest BCUT2D eigenvalue weighted by Gasteiger charge is -2.14. The summed E-state index contributed by atoms with van der Waals surface area (Å²) < 4.78 is 10.8. The van der Waals surface area contributed by atoms with Crippen LogP contribution in [-0.2, 0) is 11.2 Å². The maximum atomic E-state index is 12.4. The number of hydrogen-bond donors (Lipinski definition) is 1. The first-order valence-corrected chi connectivity index (χ1v) is 7.04. The predicted octanol–water partition coefficient (Wildman–Crippen LogP) is 1.64. The molecule has 0 radical (unpaired) electrons. The van der Waals surface area contributed by atoms with Gasteiger partial charge in [0, 0.05) is 51.0 Å². The van der Waals surface area contributed by atoms with Crippen LogP contribution in [0.3, 0.4) is 0 Å². The summed E-state index contributed by atoms with van der Waals surface area (Å²) in [5.41, 5.74) is 1.55. The van der Waals surface area contributed by atoms with Gasteiger partial charge in [0.25, 0.3) is 5.91 Å². The van der Waals surface area contributed by atoms with E-state index in [0.717, 1.165) is 17.9 Å². The first-order chi connectivity index (χ1) is 10.2. The van der Waals surface area contributed by atoms with Gasteiger partial charge in [-0.15, -0.1) is 0 Å². The topological polar surface area (TPSA) is 71.4 Å². The number of carbonyl (C=O) groups excluding carboxylic acids is 1. The lowest BCUT2D eigenvalue weighted by Crippen LogP contribution is -2.29. The van der Waals surface area contributed by atoms with E-state index in [2.05, 4.69) is 10.1 Å². The summed E-state index contributed by atoms with van der Waals surface area (Å²) in [7, 11) is 1.69. The summed E-state index contributed by atoms with van der Waals surface area (Å²) in [6.07, 6.45) is 4.23. The molecule has 1 aliphatic rings. The number of ether oxygens (including phenoxy) is 1. The van der Waals surface area contributed by atoms with Crippen LogP contribution in [0.25, 0.3) is 0 Å². The maximum absolute atomic E-state index is 12.4. The van der Waals surface area contributed by atoms with Crippen LogP contribution in [0.2, 0.25) is 0 Å². The molecule has 0 unspecified atom stereocenters. The molecule has 0 spiro atoms. The van der Waals surface area contributed by atoms with Crippen molar-refractivity contribution in [3.05, 3.63) is 41.5 Å². The molecule has 112 valence electrons. The van der Waals surface area contributed by atoms with Crippen LogP contribution in [0.4, 0.5) is 0 Å². The molecule has 1 amide bonds. The average molecular weight is 289 g/mol. The standard InChI is InChI=1S/C15H19N3O3/c1-10-5-13(21-17-10)6-12-8-18(9-14(12)20-2)15(19)11-3-4-16-7-11/h3-5,7,12,14,16H,6,8-9H2,1-2H3/t12-,14+/m1/s1. The smallest absolute Gasteiger partial charge is 0.255 e. The Morgan fingerprint density at radius 1 is 1.57 bits per heavy atom. The zero-order valence-corrected chi connectivity index (χ0v) is 12.2. The van der Waals surface area contributed by atoms with Crippen LogP contribution >= 0.6 is 0 Å². The Kier molecular flexibility index (Phi) is 3.79. The molecule has 0 aromatic carbocycles. The Balaban J connectivity index is 1.69. The Labute approximate surface area is 123 Å². The number of nitrogens with zero attached hydrogens (tertiary/aromatic N) is 2. The first kappa shape index (κ1) is 13.9. The van der Waals surface area contributed by atoms with Gasteiger partial charge < -0.3 is 19.1 Å². The number of aromatic nitrogens is 2. The van der Waals surface area contributed by atoms with Crippen LogP contribution < -0.4 is 0 Å². The van der Waals surface area contributed by atoms with Crippen molar-refractivity contribution in [2.45, 2.75) is 19.4 Å². The fraction of sp³-hybridized carbons (Fsp3) is 0.467. The summed E-state index contributed by atoms with van der Waals surface area (Å²) in [5.74, 6) is 1.11. The van der Waals surface area contributed by atoms with E-state index < -0.39 is 0 Å². The highest BCUT2D eigenvalue weighted by Gasteiger charge is 2.36. The van der Waals surface area contributed by atoms with Gasteiger partial charge in [-0.2, -0.15) is 0 Å². The van der Waals surface area contributed by atoms with Gasteiger partial charge in [-0.25, -0.2) is 0 Å². The molecular formula is C15H19N3O3. The van der Waals surface area contributed by atoms with E-state index >= 15 is 0 Å². The molecule has 1 N–H and O–H groups in total. The number of amides is 1. The lowest BCUT2D eigenvalue weighted by molar-refractivity contribution is 0.0672. The minimum Gasteiger partial charge on any atom is -0.379 e. The van der Waals surface area contributed by atoms with Crippen molar-refractivity contribution in [1.82, 2.24) is 15.0 Å². The zero-order valence-electron chi connectivity index (χ0n) is 12.2. The Morgan fingerprint density at radius 2 is 2.43 bits per heavy atom. The number of H-pyrrole nitrogens is 1. The van der Waals surface area contributed by atoms with Crippen LogP contribution in [0, 0.1) is 12.8 Å². The van der Waals surface area contributed by atoms with Gasteiger partial charge in [-0.1, -0.05) is 5.16 Å². The molecule has 3 rings (SSSR count). The molecule has 2 atom stereocenters. The second-order valence-corrected chi connectivity index (χ2v) is 5.48. The molecule has 6 nitrogen and oxygen atoms in total. The minimum absolute atomic E-state index is 0.0262. The Morgan fingerprint density at radius 3 is 3.05 bits per heavy atom. The van der Waals surface area contributed by atoms with Crippen LogP contribution in [0.1, 0.15) is 21.8 Å². The number of methoxy groups -OCH3 is 1. The first-order valence-electron chi connectivity index (χ1n) is 7.04. The zero-order chi connectivity index (χ0) is 14.8. The molecule has 6 heteroatoms. The van der Waals surface area contributed by atoms with Gasteiger partial charge in [0.05, 0.1) is 17.4 Å². The van der Waals surface area contributed by atoms with Crippen molar-refractivity contribution < 1.29 is 14.1 Å². The molecule has 2 aromatic rings. The van der Waals surface area contributed by atoms with Crippen molar-refractivity contribution in [2.24, 2.45) is 5.92 Å². The van der Waals surface area contributed by atoms with Crippen LogP contribution in [-0.4, -0.2) is 47.3 Å². The molecule has 0 bridgehead atoms. The minimum atomic E-state index is 0.0262. The highest BCUT2D eigenvalue weighted by atomic mass is 16.5. The average Bonchev–Trinajstić information content (AvgIpc) is 3.19. The van der Waals surface area contributed by atoms with Gasteiger partial charge >= 0.3 is 0 Å². The van der Waals surface area contributed by atoms with E-state index in [0.29, 0.717) is 18.7 Å². The van der Waals surface area contributed by atoms with E-state index in [9.17, 15) is 4.79 Å². The number of aromatic amines is 1. The van der Waals surface area contributed by atoms with Crippen LogP contribution in [0.15, 0.2) is 29.0 Å². The van der Waals surface area contributed by atoms with Gasteiger partial charge in [0.1, 0.15) is 5.76 Å².